The van der Waals surface area contributed by atoms with Crippen LogP contribution in [0.25, 0.3) is 0 Å². The topological polar surface area (TPSA) is 24.5 Å². The number of hydrogen-bond acceptors (Lipinski definition) is 3. The largest absolute Gasteiger partial charge is 0.384 e. The zero-order chi connectivity index (χ0) is 12.7. The van der Waals surface area contributed by atoms with Crippen molar-refractivity contribution in [3.63, 3.8) is 0 Å². The van der Waals surface area contributed by atoms with Gasteiger partial charge in [0.05, 0.1) is 0 Å². The quantitative estimate of drug-likeness (QED) is 0.772. The Labute approximate surface area is 107 Å². The summed E-state index contributed by atoms with van der Waals surface area (Å²) in [5.74, 6) is 0.615. The predicted molar refractivity (Wildman–Crippen MR) is 73.4 cm³/mol. The van der Waals surface area contributed by atoms with Crippen LogP contribution in [0.1, 0.15) is 40.0 Å². The molecule has 1 saturated heterocycles. The van der Waals surface area contributed by atoms with Gasteiger partial charge in [0, 0.05) is 32.3 Å². The first-order chi connectivity index (χ1) is 8.13. The van der Waals surface area contributed by atoms with Gasteiger partial charge in [-0.2, -0.15) is 0 Å². The van der Waals surface area contributed by atoms with Crippen molar-refractivity contribution in [2.45, 2.75) is 52.1 Å². The molecule has 3 heteroatoms. The molecule has 1 aliphatic rings. The minimum Gasteiger partial charge on any atom is -0.384 e. The molecule has 0 bridgehead atoms. The molecule has 1 heterocycles. The summed E-state index contributed by atoms with van der Waals surface area (Å²) in [7, 11) is 1.78. The lowest BCUT2D eigenvalue weighted by Crippen LogP contribution is -2.36. The average molecular weight is 242 g/mol. The van der Waals surface area contributed by atoms with Gasteiger partial charge in [-0.25, -0.2) is 0 Å². The molecule has 0 aromatic rings. The molecule has 102 valence electrons. The molecule has 0 saturated carbocycles. The normalized spacial score (nSPS) is 24.9. The third-order valence-electron chi connectivity index (χ3n) is 3.70. The number of hydrogen-bond donors (Lipinski definition) is 1. The van der Waals surface area contributed by atoms with Crippen LogP contribution in [0.5, 0.6) is 0 Å². The fraction of sp³-hybridized carbons (Fsp3) is 1.00. The van der Waals surface area contributed by atoms with E-state index >= 15 is 0 Å². The van der Waals surface area contributed by atoms with Gasteiger partial charge in [0.25, 0.3) is 0 Å². The predicted octanol–water partition coefficient (Wildman–Crippen LogP) is 2.12. The highest BCUT2D eigenvalue weighted by Gasteiger charge is 2.18. The summed E-state index contributed by atoms with van der Waals surface area (Å²) in [6.07, 6.45) is 3.94. The molecule has 1 aliphatic heterocycles. The van der Waals surface area contributed by atoms with Gasteiger partial charge in [0.2, 0.25) is 0 Å². The molecule has 17 heavy (non-hydrogen) atoms. The highest BCUT2D eigenvalue weighted by Crippen LogP contribution is 2.13. The van der Waals surface area contributed by atoms with Gasteiger partial charge in [-0.1, -0.05) is 6.92 Å². The van der Waals surface area contributed by atoms with Gasteiger partial charge < -0.3 is 15.0 Å². The summed E-state index contributed by atoms with van der Waals surface area (Å²) >= 11 is 0. The van der Waals surface area contributed by atoms with Crippen molar-refractivity contribution in [3.8, 4) is 0 Å². The Kier molecular flexibility index (Phi) is 7.09. The molecule has 1 fully saturated rings. The molecule has 1 rings (SSSR count). The Hall–Kier alpha value is -0.120. The maximum Gasteiger partial charge on any atom is 0.0499 e. The van der Waals surface area contributed by atoms with Crippen LogP contribution in [0.15, 0.2) is 0 Å². The first-order valence-electron chi connectivity index (χ1n) is 7.09. The molecular formula is C14H30N2O. The lowest BCUT2D eigenvalue weighted by Gasteiger charge is -2.24. The number of rotatable bonds is 6. The van der Waals surface area contributed by atoms with Gasteiger partial charge >= 0.3 is 0 Å². The van der Waals surface area contributed by atoms with E-state index in [2.05, 4.69) is 31.0 Å². The van der Waals surface area contributed by atoms with E-state index in [0.29, 0.717) is 18.0 Å². The van der Waals surface area contributed by atoms with Gasteiger partial charge in [0.15, 0.2) is 0 Å². The number of likely N-dealkylation sites (tertiary alicyclic amines) is 1. The van der Waals surface area contributed by atoms with Crippen molar-refractivity contribution in [3.05, 3.63) is 0 Å². The Morgan fingerprint density at radius 2 is 2.00 bits per heavy atom. The SMILES string of the molecule is COCC(C)CNC1CCCN(C(C)C)CC1. The van der Waals surface area contributed by atoms with Gasteiger partial charge in [-0.3, -0.25) is 0 Å². The van der Waals surface area contributed by atoms with Crippen molar-refractivity contribution in [2.75, 3.05) is 33.4 Å². The second kappa shape index (κ2) is 8.06. The molecule has 0 amide bonds. The number of ether oxygens (including phenoxy) is 1. The van der Waals surface area contributed by atoms with Crippen LogP contribution < -0.4 is 5.32 Å². The Morgan fingerprint density at radius 3 is 2.65 bits per heavy atom. The Balaban J connectivity index is 2.22. The lowest BCUT2D eigenvalue weighted by molar-refractivity contribution is 0.156. The summed E-state index contributed by atoms with van der Waals surface area (Å²) < 4.78 is 5.17. The van der Waals surface area contributed by atoms with Crippen LogP contribution in [-0.2, 0) is 4.74 Å². The zero-order valence-corrected chi connectivity index (χ0v) is 12.0. The van der Waals surface area contributed by atoms with Crippen LogP contribution in [0.4, 0.5) is 0 Å². The summed E-state index contributed by atoms with van der Waals surface area (Å²) in [6.45, 7) is 11.3. The maximum absolute atomic E-state index is 5.17. The minimum absolute atomic E-state index is 0.615. The Bertz CT molecular complexity index is 197. The molecular weight excluding hydrogens is 212 g/mol. The van der Waals surface area contributed by atoms with Crippen LogP contribution in [0, 0.1) is 5.92 Å². The number of methoxy groups -OCH3 is 1. The molecule has 0 aromatic carbocycles. The Morgan fingerprint density at radius 1 is 1.24 bits per heavy atom. The molecule has 2 atom stereocenters. The number of nitrogens with zero attached hydrogens (tertiary/aromatic N) is 1. The maximum atomic E-state index is 5.17. The third kappa shape index (κ3) is 5.84. The monoisotopic (exact) mass is 242 g/mol. The van der Waals surface area contributed by atoms with E-state index in [4.69, 9.17) is 4.74 Å². The van der Waals surface area contributed by atoms with Crippen molar-refractivity contribution in [1.29, 1.82) is 0 Å². The summed E-state index contributed by atoms with van der Waals surface area (Å²) in [6, 6.07) is 1.40. The van der Waals surface area contributed by atoms with Gasteiger partial charge in [-0.15, -0.1) is 0 Å². The van der Waals surface area contributed by atoms with E-state index in [9.17, 15) is 0 Å². The van der Waals surface area contributed by atoms with E-state index in [-0.39, 0.29) is 0 Å². The third-order valence-corrected chi connectivity index (χ3v) is 3.70. The van der Waals surface area contributed by atoms with E-state index in [1.54, 1.807) is 7.11 Å². The number of nitrogens with one attached hydrogen (secondary N) is 1. The zero-order valence-electron chi connectivity index (χ0n) is 12.0. The van der Waals surface area contributed by atoms with Crippen LogP contribution in [0.3, 0.4) is 0 Å². The molecule has 2 unspecified atom stereocenters. The summed E-state index contributed by atoms with van der Waals surface area (Å²) in [5, 5.41) is 3.70. The first-order valence-corrected chi connectivity index (χ1v) is 7.09. The highest BCUT2D eigenvalue weighted by molar-refractivity contribution is 4.77. The molecule has 0 aromatic heterocycles. The summed E-state index contributed by atoms with van der Waals surface area (Å²) in [4.78, 5) is 2.60. The molecule has 0 aliphatic carbocycles. The second-order valence-corrected chi connectivity index (χ2v) is 5.73. The van der Waals surface area contributed by atoms with Crippen molar-refractivity contribution in [2.24, 2.45) is 5.92 Å². The van der Waals surface area contributed by atoms with Gasteiger partial charge in [-0.05, 0) is 52.1 Å². The lowest BCUT2D eigenvalue weighted by atomic mass is 10.1. The smallest absolute Gasteiger partial charge is 0.0499 e. The molecule has 3 nitrogen and oxygen atoms in total. The highest BCUT2D eigenvalue weighted by atomic mass is 16.5. The van der Waals surface area contributed by atoms with Crippen molar-refractivity contribution >= 4 is 0 Å². The first kappa shape index (κ1) is 14.9. The molecule has 1 N–H and O–H groups in total. The summed E-state index contributed by atoms with van der Waals surface area (Å²) in [5.41, 5.74) is 0. The van der Waals surface area contributed by atoms with Crippen LogP contribution in [0.2, 0.25) is 0 Å². The van der Waals surface area contributed by atoms with E-state index in [0.717, 1.165) is 13.2 Å². The van der Waals surface area contributed by atoms with Crippen molar-refractivity contribution in [1.82, 2.24) is 10.2 Å². The van der Waals surface area contributed by atoms with E-state index < -0.39 is 0 Å². The fourth-order valence-corrected chi connectivity index (χ4v) is 2.55. The molecule has 0 spiro atoms. The second-order valence-electron chi connectivity index (χ2n) is 5.73. The van der Waals surface area contributed by atoms with E-state index in [1.165, 1.54) is 32.4 Å². The van der Waals surface area contributed by atoms with Gasteiger partial charge in [0.1, 0.15) is 0 Å². The standard InChI is InChI=1S/C14H30N2O/c1-12(2)16-8-5-6-14(7-9-16)15-10-13(3)11-17-4/h12-15H,5-11H2,1-4H3. The average Bonchev–Trinajstić information content (AvgIpc) is 2.52. The molecule has 0 radical (unpaired) electrons. The van der Waals surface area contributed by atoms with Crippen molar-refractivity contribution < 1.29 is 4.74 Å². The van der Waals surface area contributed by atoms with Crippen LogP contribution in [-0.4, -0.2) is 50.3 Å². The minimum atomic E-state index is 0.615. The fourth-order valence-electron chi connectivity index (χ4n) is 2.55. The van der Waals surface area contributed by atoms with Crippen LogP contribution >= 0.6 is 0 Å². The van der Waals surface area contributed by atoms with E-state index in [1.807, 2.05) is 0 Å².